The molecule has 0 bridgehead atoms. The molecule has 4 rings (SSSR count). The van der Waals surface area contributed by atoms with Crippen LogP contribution in [0.3, 0.4) is 0 Å². The second-order valence-corrected chi connectivity index (χ2v) is 10.00. The third kappa shape index (κ3) is 5.07. The molecule has 3 aromatic rings. The standard InChI is InChI=1S/C25H19ClN4O2S2/c1-2-8-21-23(32)30(17-10-4-3-5-11-17)24(34-21)19(14-27)22(31)29-25-28-15-18(33-25)13-16-9-6-7-12-20(16)26/h2-7,9-12,15,21H,1,8,13H2,(H,28,29,31)/b24-19-. The van der Waals surface area contributed by atoms with Crippen LogP contribution in [-0.4, -0.2) is 22.0 Å². The quantitative estimate of drug-likeness (QED) is 0.249. The number of rotatable bonds is 7. The summed E-state index contributed by atoms with van der Waals surface area (Å²) in [6.07, 6.45) is 4.33. The van der Waals surface area contributed by atoms with Crippen LogP contribution < -0.4 is 10.2 Å². The van der Waals surface area contributed by atoms with Gasteiger partial charge in [-0.15, -0.1) is 17.9 Å². The number of amides is 2. The second-order valence-electron chi connectivity index (χ2n) is 7.29. The average molecular weight is 507 g/mol. The van der Waals surface area contributed by atoms with Crippen LogP contribution in [-0.2, 0) is 16.0 Å². The molecule has 0 radical (unpaired) electrons. The zero-order valence-electron chi connectivity index (χ0n) is 17.9. The lowest BCUT2D eigenvalue weighted by atomic mass is 10.1. The Hall–Kier alpha value is -3.38. The van der Waals surface area contributed by atoms with Gasteiger partial charge in [-0.25, -0.2) is 4.98 Å². The lowest BCUT2D eigenvalue weighted by molar-refractivity contribution is -0.117. The number of nitriles is 1. The van der Waals surface area contributed by atoms with Crippen molar-refractivity contribution < 1.29 is 9.59 Å². The minimum atomic E-state index is -0.614. The average Bonchev–Trinajstić information content (AvgIpc) is 3.40. The lowest BCUT2D eigenvalue weighted by Crippen LogP contribution is -2.29. The van der Waals surface area contributed by atoms with E-state index in [0.717, 1.165) is 10.4 Å². The Balaban J connectivity index is 1.60. The minimum Gasteiger partial charge on any atom is -0.297 e. The highest BCUT2D eigenvalue weighted by Crippen LogP contribution is 2.42. The molecule has 2 aromatic carbocycles. The molecule has 1 aromatic heterocycles. The number of thiazole rings is 1. The number of hydrogen-bond donors (Lipinski definition) is 1. The summed E-state index contributed by atoms with van der Waals surface area (Å²) in [7, 11) is 0. The molecule has 0 spiro atoms. The van der Waals surface area contributed by atoms with Gasteiger partial charge in [0.2, 0.25) is 5.91 Å². The molecule has 1 fully saturated rings. The minimum absolute atomic E-state index is 0.142. The Bertz CT molecular complexity index is 1310. The number of allylic oxidation sites excluding steroid dienone is 1. The van der Waals surface area contributed by atoms with Gasteiger partial charge in [-0.05, 0) is 30.2 Å². The maximum atomic E-state index is 13.1. The predicted molar refractivity (Wildman–Crippen MR) is 138 cm³/mol. The smallest absolute Gasteiger partial charge is 0.270 e. The number of anilines is 2. The van der Waals surface area contributed by atoms with Crippen molar-refractivity contribution in [1.82, 2.24) is 4.98 Å². The number of carbonyl (C=O) groups excluding carboxylic acids is 2. The monoisotopic (exact) mass is 506 g/mol. The van der Waals surface area contributed by atoms with Crippen molar-refractivity contribution >= 4 is 57.3 Å². The molecule has 9 heteroatoms. The van der Waals surface area contributed by atoms with Gasteiger partial charge >= 0.3 is 0 Å². The Morgan fingerprint density at radius 3 is 2.68 bits per heavy atom. The lowest BCUT2D eigenvalue weighted by Gasteiger charge is -2.18. The molecule has 1 N–H and O–H groups in total. The topological polar surface area (TPSA) is 86.1 Å². The second kappa shape index (κ2) is 10.7. The summed E-state index contributed by atoms with van der Waals surface area (Å²) in [6, 6.07) is 18.5. The summed E-state index contributed by atoms with van der Waals surface area (Å²) in [5, 5.41) is 13.4. The van der Waals surface area contributed by atoms with Gasteiger partial charge in [-0.2, -0.15) is 5.26 Å². The Kier molecular flexibility index (Phi) is 7.48. The molecule has 2 amide bonds. The van der Waals surface area contributed by atoms with Crippen molar-refractivity contribution in [1.29, 1.82) is 5.26 Å². The maximum Gasteiger partial charge on any atom is 0.270 e. The van der Waals surface area contributed by atoms with Crippen LogP contribution in [0.4, 0.5) is 10.8 Å². The third-order valence-electron chi connectivity index (χ3n) is 5.00. The number of thioether (sulfide) groups is 1. The normalized spacial score (nSPS) is 16.8. The molecular weight excluding hydrogens is 488 g/mol. The summed E-state index contributed by atoms with van der Waals surface area (Å²) in [6.45, 7) is 3.72. The summed E-state index contributed by atoms with van der Waals surface area (Å²) >= 11 is 8.74. The van der Waals surface area contributed by atoms with E-state index in [9.17, 15) is 14.9 Å². The molecule has 170 valence electrons. The highest BCUT2D eigenvalue weighted by Gasteiger charge is 2.40. The van der Waals surface area contributed by atoms with E-state index in [1.54, 1.807) is 36.5 Å². The molecular formula is C25H19ClN4O2S2. The van der Waals surface area contributed by atoms with E-state index < -0.39 is 11.2 Å². The van der Waals surface area contributed by atoms with Gasteiger partial charge in [0.15, 0.2) is 5.13 Å². The number of nitrogens with one attached hydrogen (secondary N) is 1. The van der Waals surface area contributed by atoms with E-state index in [0.29, 0.717) is 33.7 Å². The zero-order chi connectivity index (χ0) is 24.1. The fraction of sp³-hybridized carbons (Fsp3) is 0.120. The van der Waals surface area contributed by atoms with Crippen LogP contribution in [0.25, 0.3) is 0 Å². The van der Waals surface area contributed by atoms with Crippen LogP contribution in [0, 0.1) is 11.3 Å². The number of benzene rings is 2. The predicted octanol–water partition coefficient (Wildman–Crippen LogP) is 5.79. The van der Waals surface area contributed by atoms with E-state index in [4.69, 9.17) is 11.6 Å². The van der Waals surface area contributed by atoms with E-state index in [2.05, 4.69) is 16.9 Å². The van der Waals surface area contributed by atoms with Crippen LogP contribution >= 0.6 is 34.7 Å². The maximum absolute atomic E-state index is 13.1. The first-order valence-corrected chi connectivity index (χ1v) is 12.4. The van der Waals surface area contributed by atoms with Crippen LogP contribution in [0.15, 0.2) is 84.1 Å². The van der Waals surface area contributed by atoms with Gasteiger partial charge in [-0.3, -0.25) is 19.8 Å². The van der Waals surface area contributed by atoms with Crippen molar-refractivity contribution in [3.05, 3.63) is 99.5 Å². The van der Waals surface area contributed by atoms with Gasteiger partial charge < -0.3 is 0 Å². The van der Waals surface area contributed by atoms with Crippen molar-refractivity contribution in [2.45, 2.75) is 18.1 Å². The van der Waals surface area contributed by atoms with E-state index >= 15 is 0 Å². The summed E-state index contributed by atoms with van der Waals surface area (Å²) in [4.78, 5) is 32.8. The molecule has 34 heavy (non-hydrogen) atoms. The summed E-state index contributed by atoms with van der Waals surface area (Å²) < 4.78 is 0. The summed E-state index contributed by atoms with van der Waals surface area (Å²) in [5.41, 5.74) is 1.41. The molecule has 6 nitrogen and oxygen atoms in total. The Morgan fingerprint density at radius 2 is 1.97 bits per heavy atom. The molecule has 1 atom stereocenters. The number of aromatic nitrogens is 1. The Morgan fingerprint density at radius 1 is 1.24 bits per heavy atom. The van der Waals surface area contributed by atoms with E-state index in [1.165, 1.54) is 28.0 Å². The number of halogens is 1. The van der Waals surface area contributed by atoms with Gasteiger partial charge in [0, 0.05) is 28.2 Å². The molecule has 2 heterocycles. The molecule has 1 aliphatic rings. The highest BCUT2D eigenvalue weighted by atomic mass is 35.5. The van der Waals surface area contributed by atoms with Crippen molar-refractivity contribution in [3.63, 3.8) is 0 Å². The number of para-hydroxylation sites is 1. The first kappa shape index (κ1) is 23.8. The zero-order valence-corrected chi connectivity index (χ0v) is 20.3. The highest BCUT2D eigenvalue weighted by molar-refractivity contribution is 8.05. The number of nitrogens with zero attached hydrogens (tertiary/aromatic N) is 3. The van der Waals surface area contributed by atoms with Crippen molar-refractivity contribution in [2.75, 3.05) is 10.2 Å². The fourth-order valence-corrected chi connectivity index (χ4v) is 5.70. The SMILES string of the molecule is C=CCC1S/C(=C(/C#N)C(=O)Nc2ncc(Cc3ccccc3Cl)s2)N(c2ccccc2)C1=O. The van der Waals surface area contributed by atoms with E-state index in [1.807, 2.05) is 36.4 Å². The van der Waals surface area contributed by atoms with Gasteiger partial charge in [0.05, 0.1) is 5.25 Å². The molecule has 1 unspecified atom stereocenters. The first-order valence-electron chi connectivity index (χ1n) is 10.3. The van der Waals surface area contributed by atoms with Gasteiger partial charge in [-0.1, -0.05) is 65.8 Å². The van der Waals surface area contributed by atoms with Crippen molar-refractivity contribution in [2.24, 2.45) is 0 Å². The largest absolute Gasteiger partial charge is 0.297 e. The van der Waals surface area contributed by atoms with Gasteiger partial charge in [0.1, 0.15) is 16.7 Å². The fourth-order valence-electron chi connectivity index (χ4n) is 3.41. The van der Waals surface area contributed by atoms with E-state index in [-0.39, 0.29) is 11.5 Å². The molecule has 1 saturated heterocycles. The van der Waals surface area contributed by atoms with Gasteiger partial charge in [0.25, 0.3) is 5.91 Å². The molecule has 0 aliphatic carbocycles. The molecule has 1 aliphatic heterocycles. The van der Waals surface area contributed by atoms with Crippen molar-refractivity contribution in [3.8, 4) is 6.07 Å². The molecule has 0 saturated carbocycles. The first-order chi connectivity index (χ1) is 16.5. The summed E-state index contributed by atoms with van der Waals surface area (Å²) in [5.74, 6) is -0.806. The third-order valence-corrected chi connectivity index (χ3v) is 7.57. The number of carbonyl (C=O) groups is 2. The van der Waals surface area contributed by atoms with Crippen LogP contribution in [0.1, 0.15) is 16.9 Å². The van der Waals surface area contributed by atoms with Crippen LogP contribution in [0.2, 0.25) is 5.02 Å². The van der Waals surface area contributed by atoms with Crippen LogP contribution in [0.5, 0.6) is 0 Å². The Labute approximate surface area is 210 Å². The number of hydrogen-bond acceptors (Lipinski definition) is 6.